The molecule has 0 aliphatic rings. The Bertz CT molecular complexity index is 676. The minimum atomic E-state index is -4.11. The number of nitro benzene ring substituents is 1. The first-order chi connectivity index (χ1) is 10.2. The van der Waals surface area contributed by atoms with Crippen molar-refractivity contribution in [2.45, 2.75) is 37.1 Å². The number of benzene rings is 1. The number of sulfonamides is 1. The molecular weight excluding hydrogens is 380 g/mol. The molecule has 0 aromatic heterocycles. The van der Waals surface area contributed by atoms with Gasteiger partial charge in [0, 0.05) is 16.6 Å². The van der Waals surface area contributed by atoms with E-state index in [4.69, 9.17) is 5.11 Å². The van der Waals surface area contributed by atoms with Gasteiger partial charge in [-0.05, 0) is 28.4 Å². The van der Waals surface area contributed by atoms with E-state index in [0.29, 0.717) is 6.42 Å². The highest BCUT2D eigenvalue weighted by Gasteiger charge is 2.27. The fraction of sp³-hybridized carbons (Fsp3) is 0.417. The third-order valence-corrected chi connectivity index (χ3v) is 5.31. The number of nitrogens with zero attached hydrogens (tertiary/aromatic N) is 1. The average Bonchev–Trinajstić information content (AvgIpc) is 2.42. The predicted molar refractivity (Wildman–Crippen MR) is 82.1 cm³/mol. The van der Waals surface area contributed by atoms with Crippen LogP contribution < -0.4 is 4.72 Å². The van der Waals surface area contributed by atoms with E-state index in [-0.39, 0.29) is 21.5 Å². The van der Waals surface area contributed by atoms with Crippen molar-refractivity contribution < 1.29 is 23.2 Å². The standard InChI is InChI=1S/C12H15BrN2O6S/c1-2-3-4-10(12(16)17)14-22(20,21)11-6-5-8(15(18)19)7-9(11)13/h5-7,10,14H,2-4H2,1H3,(H,16,17). The lowest BCUT2D eigenvalue weighted by Crippen LogP contribution is -2.40. The van der Waals surface area contributed by atoms with E-state index >= 15 is 0 Å². The number of hydrogen-bond acceptors (Lipinski definition) is 5. The van der Waals surface area contributed by atoms with Gasteiger partial charge >= 0.3 is 5.97 Å². The molecule has 0 aliphatic heterocycles. The van der Waals surface area contributed by atoms with Crippen LogP contribution in [0, 0.1) is 10.1 Å². The maximum atomic E-state index is 12.2. The molecule has 0 saturated carbocycles. The number of hydrogen-bond donors (Lipinski definition) is 2. The second-order valence-electron chi connectivity index (χ2n) is 4.53. The summed E-state index contributed by atoms with van der Waals surface area (Å²) in [4.78, 5) is 20.9. The molecule has 0 spiro atoms. The Labute approximate surface area is 135 Å². The molecular formula is C12H15BrN2O6S. The van der Waals surface area contributed by atoms with Crippen LogP contribution in [0.15, 0.2) is 27.6 Å². The second kappa shape index (κ2) is 7.65. The van der Waals surface area contributed by atoms with Crippen molar-refractivity contribution in [1.29, 1.82) is 0 Å². The van der Waals surface area contributed by atoms with Crippen molar-refractivity contribution in [2.24, 2.45) is 0 Å². The van der Waals surface area contributed by atoms with E-state index in [0.717, 1.165) is 24.6 Å². The number of carboxylic acids is 1. The third-order valence-electron chi connectivity index (χ3n) is 2.86. The van der Waals surface area contributed by atoms with Gasteiger partial charge in [-0.1, -0.05) is 19.8 Å². The van der Waals surface area contributed by atoms with Gasteiger partial charge in [0.25, 0.3) is 5.69 Å². The minimum absolute atomic E-state index is 0.00571. The molecule has 1 unspecified atom stereocenters. The first-order valence-electron chi connectivity index (χ1n) is 6.38. The van der Waals surface area contributed by atoms with Crippen molar-refractivity contribution in [3.05, 3.63) is 32.8 Å². The van der Waals surface area contributed by atoms with Gasteiger partial charge in [-0.15, -0.1) is 0 Å². The zero-order chi connectivity index (χ0) is 16.9. The molecule has 0 heterocycles. The Hall–Kier alpha value is -1.52. The highest BCUT2D eigenvalue weighted by atomic mass is 79.9. The van der Waals surface area contributed by atoms with Gasteiger partial charge in [0.2, 0.25) is 10.0 Å². The predicted octanol–water partition coefficient (Wildman–Crippen LogP) is 2.28. The Balaban J connectivity index is 3.07. The maximum absolute atomic E-state index is 12.2. The molecule has 0 amide bonds. The molecule has 0 saturated heterocycles. The lowest BCUT2D eigenvalue weighted by molar-refractivity contribution is -0.385. The van der Waals surface area contributed by atoms with Crippen molar-refractivity contribution in [1.82, 2.24) is 4.72 Å². The highest BCUT2D eigenvalue weighted by Crippen LogP contribution is 2.26. The van der Waals surface area contributed by atoms with E-state index in [2.05, 4.69) is 20.7 Å². The van der Waals surface area contributed by atoms with Crippen LogP contribution >= 0.6 is 15.9 Å². The molecule has 0 aliphatic carbocycles. The first-order valence-corrected chi connectivity index (χ1v) is 8.65. The SMILES string of the molecule is CCCCC(NS(=O)(=O)c1ccc([N+](=O)[O-])cc1Br)C(=O)O. The van der Waals surface area contributed by atoms with Gasteiger partial charge < -0.3 is 5.11 Å². The molecule has 0 bridgehead atoms. The quantitative estimate of drug-likeness (QED) is 0.514. The van der Waals surface area contributed by atoms with Crippen LogP contribution in [0.4, 0.5) is 5.69 Å². The number of carboxylic acid groups (broad SMARTS) is 1. The van der Waals surface area contributed by atoms with Gasteiger partial charge in [0.15, 0.2) is 0 Å². The molecule has 10 heteroatoms. The normalized spacial score (nSPS) is 12.8. The van der Waals surface area contributed by atoms with Crippen LogP contribution in [0.3, 0.4) is 0 Å². The van der Waals surface area contributed by atoms with Crippen LogP contribution in [-0.4, -0.2) is 30.5 Å². The van der Waals surface area contributed by atoms with Gasteiger partial charge in [0.05, 0.1) is 9.82 Å². The van der Waals surface area contributed by atoms with Crippen LogP contribution in [0.1, 0.15) is 26.2 Å². The van der Waals surface area contributed by atoms with Crippen LogP contribution in [0.2, 0.25) is 0 Å². The lowest BCUT2D eigenvalue weighted by atomic mass is 10.1. The van der Waals surface area contributed by atoms with Crippen LogP contribution in [0.5, 0.6) is 0 Å². The number of unbranched alkanes of at least 4 members (excludes halogenated alkanes) is 1. The Morgan fingerprint density at radius 2 is 2.14 bits per heavy atom. The second-order valence-corrected chi connectivity index (χ2v) is 7.06. The Kier molecular flexibility index (Phi) is 6.45. The number of rotatable bonds is 8. The molecule has 22 heavy (non-hydrogen) atoms. The topological polar surface area (TPSA) is 127 Å². The smallest absolute Gasteiger partial charge is 0.321 e. The Morgan fingerprint density at radius 3 is 2.59 bits per heavy atom. The van der Waals surface area contributed by atoms with Crippen molar-refractivity contribution in [3.8, 4) is 0 Å². The number of non-ortho nitro benzene ring substituents is 1. The summed E-state index contributed by atoms with van der Waals surface area (Å²) in [5.41, 5.74) is -0.272. The highest BCUT2D eigenvalue weighted by molar-refractivity contribution is 9.10. The summed E-state index contributed by atoms with van der Waals surface area (Å²) in [6.07, 6.45) is 1.45. The molecule has 1 atom stereocenters. The molecule has 1 aromatic carbocycles. The molecule has 1 aromatic rings. The summed E-state index contributed by atoms with van der Waals surface area (Å²) in [5.74, 6) is -1.27. The van der Waals surface area contributed by atoms with Crippen LogP contribution in [-0.2, 0) is 14.8 Å². The van der Waals surface area contributed by atoms with Gasteiger partial charge in [-0.3, -0.25) is 14.9 Å². The van der Waals surface area contributed by atoms with Gasteiger partial charge in [-0.2, -0.15) is 4.72 Å². The zero-order valence-electron chi connectivity index (χ0n) is 11.7. The van der Waals surface area contributed by atoms with Crippen molar-refractivity contribution in [3.63, 3.8) is 0 Å². The van der Waals surface area contributed by atoms with E-state index in [1.54, 1.807) is 0 Å². The maximum Gasteiger partial charge on any atom is 0.321 e. The summed E-state index contributed by atoms with van der Waals surface area (Å²) in [5, 5.41) is 19.7. The summed E-state index contributed by atoms with van der Waals surface area (Å²) >= 11 is 2.96. The fourth-order valence-corrected chi connectivity index (χ4v) is 4.00. The van der Waals surface area contributed by atoms with Crippen LogP contribution in [0.25, 0.3) is 0 Å². The van der Waals surface area contributed by atoms with Crippen molar-refractivity contribution in [2.75, 3.05) is 0 Å². The number of carbonyl (C=O) groups is 1. The number of aliphatic carboxylic acids is 1. The molecule has 0 fully saturated rings. The molecule has 122 valence electrons. The largest absolute Gasteiger partial charge is 0.480 e. The average molecular weight is 395 g/mol. The lowest BCUT2D eigenvalue weighted by Gasteiger charge is -2.15. The number of nitro groups is 1. The monoisotopic (exact) mass is 394 g/mol. The number of halogens is 1. The number of nitrogens with one attached hydrogen (secondary N) is 1. The van der Waals surface area contributed by atoms with Gasteiger partial charge in [0.1, 0.15) is 6.04 Å². The minimum Gasteiger partial charge on any atom is -0.480 e. The van der Waals surface area contributed by atoms with Gasteiger partial charge in [-0.25, -0.2) is 8.42 Å². The zero-order valence-corrected chi connectivity index (χ0v) is 14.1. The van der Waals surface area contributed by atoms with Crippen molar-refractivity contribution >= 4 is 37.6 Å². The molecule has 8 nitrogen and oxygen atoms in total. The van der Waals surface area contributed by atoms with E-state index < -0.39 is 27.0 Å². The molecule has 2 N–H and O–H groups in total. The summed E-state index contributed by atoms with van der Waals surface area (Å²) in [7, 11) is -4.11. The molecule has 0 radical (unpaired) electrons. The van der Waals surface area contributed by atoms with E-state index in [9.17, 15) is 23.3 Å². The molecule has 1 rings (SSSR count). The summed E-state index contributed by atoms with van der Waals surface area (Å²) in [6.45, 7) is 1.86. The third kappa shape index (κ3) is 4.75. The fourth-order valence-electron chi connectivity index (χ4n) is 1.71. The summed E-state index contributed by atoms with van der Waals surface area (Å²) in [6, 6.07) is 1.91. The Morgan fingerprint density at radius 1 is 1.50 bits per heavy atom. The summed E-state index contributed by atoms with van der Waals surface area (Å²) < 4.78 is 26.6. The van der Waals surface area contributed by atoms with E-state index in [1.807, 2.05) is 6.92 Å². The van der Waals surface area contributed by atoms with E-state index in [1.165, 1.54) is 0 Å². The first kappa shape index (κ1) is 18.5.